The Labute approximate surface area is 157 Å². The lowest BCUT2D eigenvalue weighted by Gasteiger charge is -2.27. The fourth-order valence-corrected chi connectivity index (χ4v) is 3.19. The number of fused-ring (bicyclic) bond motifs is 1. The summed E-state index contributed by atoms with van der Waals surface area (Å²) in [6.07, 6.45) is 3.25. The van der Waals surface area contributed by atoms with Crippen LogP contribution in [-0.2, 0) is 16.1 Å². The zero-order valence-corrected chi connectivity index (χ0v) is 15.2. The maximum atomic E-state index is 12.6. The average Bonchev–Trinajstić information content (AvgIpc) is 3.16. The van der Waals surface area contributed by atoms with Crippen molar-refractivity contribution in [3.8, 4) is 0 Å². The van der Waals surface area contributed by atoms with Gasteiger partial charge in [0.15, 0.2) is 0 Å². The molecule has 1 aliphatic heterocycles. The molecule has 1 amide bonds. The van der Waals surface area contributed by atoms with Crippen molar-refractivity contribution in [2.75, 3.05) is 31.2 Å². The van der Waals surface area contributed by atoms with Crippen molar-refractivity contribution < 1.29 is 9.53 Å². The molecule has 2 aromatic heterocycles. The lowest BCUT2D eigenvalue weighted by atomic mass is 10.2. The molecule has 8 nitrogen and oxygen atoms in total. The van der Waals surface area contributed by atoms with Crippen LogP contribution in [0.5, 0.6) is 0 Å². The van der Waals surface area contributed by atoms with Crippen molar-refractivity contribution in [3.05, 3.63) is 48.7 Å². The number of ether oxygens (including phenoxy) is 1. The number of nitrogens with one attached hydrogen (secondary N) is 1. The normalized spacial score (nSPS) is 15.7. The SMILES string of the molecule is C[C@H](C(=O)NCc1cc(N2CCOCC2)ncn1)n1cnc2ccccc21. The Hall–Kier alpha value is -3.00. The van der Waals surface area contributed by atoms with Crippen LogP contribution in [0, 0.1) is 0 Å². The summed E-state index contributed by atoms with van der Waals surface area (Å²) in [5.41, 5.74) is 2.60. The van der Waals surface area contributed by atoms with Crippen LogP contribution in [0.2, 0.25) is 0 Å². The molecule has 4 rings (SSSR count). The highest BCUT2D eigenvalue weighted by Gasteiger charge is 2.18. The zero-order chi connectivity index (χ0) is 18.6. The van der Waals surface area contributed by atoms with Gasteiger partial charge in [-0.05, 0) is 19.1 Å². The topological polar surface area (TPSA) is 85.2 Å². The monoisotopic (exact) mass is 366 g/mol. The van der Waals surface area contributed by atoms with Crippen molar-refractivity contribution >= 4 is 22.8 Å². The average molecular weight is 366 g/mol. The minimum Gasteiger partial charge on any atom is -0.378 e. The Balaban J connectivity index is 1.41. The van der Waals surface area contributed by atoms with Gasteiger partial charge in [0.05, 0.1) is 42.8 Å². The molecule has 3 heterocycles. The van der Waals surface area contributed by atoms with Crippen LogP contribution in [0.4, 0.5) is 5.82 Å². The first-order chi connectivity index (χ1) is 13.2. The summed E-state index contributed by atoms with van der Waals surface area (Å²) < 4.78 is 7.25. The number of rotatable bonds is 5. The van der Waals surface area contributed by atoms with Crippen molar-refractivity contribution in [2.45, 2.75) is 19.5 Å². The summed E-state index contributed by atoms with van der Waals surface area (Å²) in [5, 5.41) is 2.96. The van der Waals surface area contributed by atoms with Gasteiger partial charge in [0.2, 0.25) is 5.91 Å². The number of hydrogen-bond donors (Lipinski definition) is 1. The molecule has 0 aliphatic carbocycles. The van der Waals surface area contributed by atoms with Crippen LogP contribution in [0.1, 0.15) is 18.7 Å². The van der Waals surface area contributed by atoms with Crippen LogP contribution in [0.15, 0.2) is 43.0 Å². The second-order valence-electron chi connectivity index (χ2n) is 6.50. The van der Waals surface area contributed by atoms with Crippen LogP contribution in [0.25, 0.3) is 11.0 Å². The molecule has 0 bridgehead atoms. The van der Waals surface area contributed by atoms with Gasteiger partial charge in [0, 0.05) is 19.2 Å². The van der Waals surface area contributed by atoms with Crippen molar-refractivity contribution in [2.24, 2.45) is 0 Å². The molecule has 0 radical (unpaired) electrons. The highest BCUT2D eigenvalue weighted by molar-refractivity contribution is 5.83. The molecule has 3 aromatic rings. The van der Waals surface area contributed by atoms with E-state index < -0.39 is 0 Å². The Kier molecular flexibility index (Phi) is 4.97. The number of morpholine rings is 1. The molecule has 0 unspecified atom stereocenters. The number of para-hydroxylation sites is 2. The first-order valence-electron chi connectivity index (χ1n) is 9.05. The van der Waals surface area contributed by atoms with Gasteiger partial charge in [0.25, 0.3) is 0 Å². The Morgan fingerprint density at radius 1 is 1.22 bits per heavy atom. The summed E-state index contributed by atoms with van der Waals surface area (Å²) in [6, 6.07) is 9.33. The fraction of sp³-hybridized carbons (Fsp3) is 0.368. The summed E-state index contributed by atoms with van der Waals surface area (Å²) in [5.74, 6) is 0.788. The molecule has 1 aromatic carbocycles. The molecule has 0 saturated carbocycles. The van der Waals surface area contributed by atoms with Crippen molar-refractivity contribution in [1.29, 1.82) is 0 Å². The lowest BCUT2D eigenvalue weighted by Crippen LogP contribution is -2.37. The Bertz CT molecular complexity index is 935. The molecular weight excluding hydrogens is 344 g/mol. The van der Waals surface area contributed by atoms with E-state index in [2.05, 4.69) is 25.2 Å². The van der Waals surface area contributed by atoms with Gasteiger partial charge in [-0.15, -0.1) is 0 Å². The maximum Gasteiger partial charge on any atom is 0.243 e. The van der Waals surface area contributed by atoms with Gasteiger partial charge >= 0.3 is 0 Å². The van der Waals surface area contributed by atoms with E-state index in [1.165, 1.54) is 0 Å². The zero-order valence-electron chi connectivity index (χ0n) is 15.2. The van der Waals surface area contributed by atoms with E-state index in [4.69, 9.17) is 4.74 Å². The number of carbonyl (C=O) groups is 1. The number of benzene rings is 1. The van der Waals surface area contributed by atoms with Gasteiger partial charge in [-0.2, -0.15) is 0 Å². The molecule has 8 heteroatoms. The number of anilines is 1. The summed E-state index contributed by atoms with van der Waals surface area (Å²) >= 11 is 0. The highest BCUT2D eigenvalue weighted by atomic mass is 16.5. The van der Waals surface area contributed by atoms with Gasteiger partial charge in [-0.25, -0.2) is 15.0 Å². The van der Waals surface area contributed by atoms with Gasteiger partial charge in [-0.1, -0.05) is 12.1 Å². The third-order valence-electron chi connectivity index (χ3n) is 4.77. The highest BCUT2D eigenvalue weighted by Crippen LogP contribution is 2.18. The standard InChI is InChI=1S/C19H22N6O2/c1-14(25-13-23-16-4-2-3-5-17(16)25)19(26)20-11-15-10-18(22-12-21-15)24-6-8-27-9-7-24/h2-5,10,12-14H,6-9,11H2,1H3,(H,20,26)/t14-/m1/s1. The molecular formula is C19H22N6O2. The maximum absolute atomic E-state index is 12.6. The summed E-state index contributed by atoms with van der Waals surface area (Å²) in [7, 11) is 0. The molecule has 27 heavy (non-hydrogen) atoms. The largest absolute Gasteiger partial charge is 0.378 e. The van der Waals surface area contributed by atoms with E-state index in [0.29, 0.717) is 19.8 Å². The molecule has 140 valence electrons. The third kappa shape index (κ3) is 3.75. The first kappa shape index (κ1) is 17.4. The molecule has 1 atom stereocenters. The van der Waals surface area contributed by atoms with Gasteiger partial charge in [-0.3, -0.25) is 4.79 Å². The van der Waals surface area contributed by atoms with Crippen molar-refractivity contribution in [3.63, 3.8) is 0 Å². The van der Waals surface area contributed by atoms with E-state index in [0.717, 1.165) is 35.6 Å². The van der Waals surface area contributed by atoms with E-state index in [9.17, 15) is 4.79 Å². The Morgan fingerprint density at radius 3 is 2.89 bits per heavy atom. The molecule has 1 fully saturated rings. The minimum absolute atomic E-state index is 0.0790. The molecule has 0 spiro atoms. The van der Waals surface area contributed by atoms with Gasteiger partial charge < -0.3 is 19.5 Å². The predicted molar refractivity (Wildman–Crippen MR) is 101 cm³/mol. The molecule has 1 aliphatic rings. The molecule has 1 saturated heterocycles. The van der Waals surface area contributed by atoms with Gasteiger partial charge in [0.1, 0.15) is 18.2 Å². The van der Waals surface area contributed by atoms with E-state index in [1.807, 2.05) is 41.8 Å². The number of imidazole rings is 1. The number of nitrogens with zero attached hydrogens (tertiary/aromatic N) is 5. The van der Waals surface area contributed by atoms with Crippen LogP contribution < -0.4 is 10.2 Å². The van der Waals surface area contributed by atoms with Crippen LogP contribution >= 0.6 is 0 Å². The predicted octanol–water partition coefficient (Wildman–Crippen LogP) is 1.54. The number of amides is 1. The number of hydrogen-bond acceptors (Lipinski definition) is 6. The lowest BCUT2D eigenvalue weighted by molar-refractivity contribution is -0.124. The van der Waals surface area contributed by atoms with E-state index in [-0.39, 0.29) is 11.9 Å². The fourth-order valence-electron chi connectivity index (χ4n) is 3.19. The van der Waals surface area contributed by atoms with Crippen LogP contribution in [0.3, 0.4) is 0 Å². The summed E-state index contributed by atoms with van der Waals surface area (Å²) in [4.78, 5) is 27.7. The third-order valence-corrected chi connectivity index (χ3v) is 4.77. The second kappa shape index (κ2) is 7.71. The van der Waals surface area contributed by atoms with E-state index >= 15 is 0 Å². The minimum atomic E-state index is -0.363. The summed E-state index contributed by atoms with van der Waals surface area (Å²) in [6.45, 7) is 5.25. The second-order valence-corrected chi connectivity index (χ2v) is 6.50. The van der Waals surface area contributed by atoms with Crippen LogP contribution in [-0.4, -0.2) is 51.7 Å². The van der Waals surface area contributed by atoms with E-state index in [1.54, 1.807) is 12.7 Å². The quantitative estimate of drug-likeness (QED) is 0.737. The first-order valence-corrected chi connectivity index (χ1v) is 9.05. The number of aromatic nitrogens is 4. The Morgan fingerprint density at radius 2 is 2.04 bits per heavy atom. The smallest absolute Gasteiger partial charge is 0.243 e. The van der Waals surface area contributed by atoms with Crippen molar-refractivity contribution in [1.82, 2.24) is 24.8 Å². The molecule has 1 N–H and O–H groups in total. The number of carbonyl (C=O) groups excluding carboxylic acids is 1.